The van der Waals surface area contributed by atoms with Gasteiger partial charge in [-0.1, -0.05) is 0 Å². The number of hydrogen-bond acceptors (Lipinski definition) is 7. The molecule has 19 heavy (non-hydrogen) atoms. The maximum atomic E-state index is 11.7. The molecule has 0 radical (unpaired) electrons. The highest BCUT2D eigenvalue weighted by Gasteiger charge is 2.34. The molecule has 1 aromatic heterocycles. The molecular weight excluding hydrogens is 256 g/mol. The van der Waals surface area contributed by atoms with E-state index in [2.05, 4.69) is 19.2 Å². The number of esters is 3. The van der Waals surface area contributed by atoms with E-state index in [0.717, 1.165) is 18.8 Å². The molecular formula is C11H14N2O6. The van der Waals surface area contributed by atoms with E-state index in [-0.39, 0.29) is 5.69 Å². The van der Waals surface area contributed by atoms with Gasteiger partial charge < -0.3 is 18.8 Å². The molecule has 0 amide bonds. The Balaban J connectivity index is 3.35. The van der Waals surface area contributed by atoms with Crippen LogP contribution in [-0.2, 0) is 23.8 Å². The second-order valence-electron chi connectivity index (χ2n) is 3.53. The number of methoxy groups -OCH3 is 3. The molecule has 0 atom stereocenters. The third kappa shape index (κ3) is 2.72. The van der Waals surface area contributed by atoms with Gasteiger partial charge in [-0.2, -0.15) is 0 Å². The lowest BCUT2D eigenvalue weighted by Crippen LogP contribution is -2.31. The molecule has 0 saturated carbocycles. The maximum absolute atomic E-state index is 11.7. The van der Waals surface area contributed by atoms with E-state index in [0.29, 0.717) is 5.69 Å². The Morgan fingerprint density at radius 2 is 1.63 bits per heavy atom. The number of hydrogen-bond donors (Lipinski definition) is 0. The molecule has 8 nitrogen and oxygen atoms in total. The minimum absolute atomic E-state index is 0.0108. The molecule has 1 rings (SSSR count). The quantitative estimate of drug-likeness (QED) is 0.427. The Labute approximate surface area is 109 Å². The van der Waals surface area contributed by atoms with Crippen molar-refractivity contribution in [1.29, 1.82) is 0 Å². The van der Waals surface area contributed by atoms with Crippen molar-refractivity contribution in [3.05, 3.63) is 17.7 Å². The number of aryl methyl sites for hydroxylation is 1. The van der Waals surface area contributed by atoms with Gasteiger partial charge in [-0.15, -0.1) is 0 Å². The zero-order chi connectivity index (χ0) is 14.6. The van der Waals surface area contributed by atoms with Crippen LogP contribution in [0.3, 0.4) is 0 Å². The van der Waals surface area contributed by atoms with Crippen LogP contribution in [0, 0.1) is 6.92 Å². The normalized spacial score (nSPS) is 10.2. The van der Waals surface area contributed by atoms with Gasteiger partial charge in [0.2, 0.25) is 6.04 Å². The van der Waals surface area contributed by atoms with E-state index in [9.17, 15) is 14.4 Å². The van der Waals surface area contributed by atoms with E-state index in [1.54, 1.807) is 6.92 Å². The Hall–Kier alpha value is -2.38. The number of carbonyl (C=O) groups is 3. The van der Waals surface area contributed by atoms with Crippen LogP contribution in [-0.4, -0.2) is 48.8 Å². The number of aromatic nitrogens is 2. The highest BCUT2D eigenvalue weighted by molar-refractivity contribution is 5.99. The van der Waals surface area contributed by atoms with Crippen LogP contribution in [0.5, 0.6) is 0 Å². The summed E-state index contributed by atoms with van der Waals surface area (Å²) < 4.78 is 14.7. The fraction of sp³-hybridized carbons (Fsp3) is 0.455. The Morgan fingerprint density at radius 3 is 2.05 bits per heavy atom. The Kier molecular flexibility index (Phi) is 4.62. The molecule has 1 aromatic rings. The van der Waals surface area contributed by atoms with Crippen LogP contribution >= 0.6 is 0 Å². The van der Waals surface area contributed by atoms with E-state index in [1.807, 2.05) is 0 Å². The van der Waals surface area contributed by atoms with E-state index in [4.69, 9.17) is 0 Å². The van der Waals surface area contributed by atoms with E-state index in [1.165, 1.54) is 13.4 Å². The SMILES string of the molecule is COC(=O)c1c(C)ncn1C(C(=O)OC)C(=O)OC. The predicted molar refractivity (Wildman–Crippen MR) is 61.4 cm³/mol. The van der Waals surface area contributed by atoms with Crippen molar-refractivity contribution in [2.45, 2.75) is 13.0 Å². The van der Waals surface area contributed by atoms with Crippen LogP contribution in [0.15, 0.2) is 6.33 Å². The monoisotopic (exact) mass is 270 g/mol. The molecule has 0 spiro atoms. The summed E-state index contributed by atoms with van der Waals surface area (Å²) in [7, 11) is 3.43. The van der Waals surface area contributed by atoms with Crippen LogP contribution < -0.4 is 0 Å². The zero-order valence-electron chi connectivity index (χ0n) is 11.0. The van der Waals surface area contributed by atoms with Gasteiger partial charge >= 0.3 is 17.9 Å². The number of imidazole rings is 1. The van der Waals surface area contributed by atoms with Crippen molar-refractivity contribution >= 4 is 17.9 Å². The van der Waals surface area contributed by atoms with Gasteiger partial charge in [0.1, 0.15) is 0 Å². The third-order valence-corrected chi connectivity index (χ3v) is 2.48. The highest BCUT2D eigenvalue weighted by Crippen LogP contribution is 2.17. The molecule has 0 aliphatic heterocycles. The molecule has 0 bridgehead atoms. The fourth-order valence-corrected chi connectivity index (χ4v) is 1.55. The van der Waals surface area contributed by atoms with Crippen molar-refractivity contribution in [3.8, 4) is 0 Å². The highest BCUT2D eigenvalue weighted by atomic mass is 16.5. The van der Waals surface area contributed by atoms with Gasteiger partial charge in [0, 0.05) is 0 Å². The molecule has 0 unspecified atom stereocenters. The lowest BCUT2D eigenvalue weighted by Gasteiger charge is -2.15. The van der Waals surface area contributed by atoms with Crippen molar-refractivity contribution in [3.63, 3.8) is 0 Å². The average Bonchev–Trinajstić information content (AvgIpc) is 2.79. The number of rotatable bonds is 4. The molecule has 0 fully saturated rings. The van der Waals surface area contributed by atoms with Crippen LogP contribution in [0.1, 0.15) is 22.2 Å². The molecule has 104 valence electrons. The van der Waals surface area contributed by atoms with Crippen molar-refractivity contribution < 1.29 is 28.6 Å². The molecule has 8 heteroatoms. The Bertz CT molecular complexity index is 491. The molecule has 0 N–H and O–H groups in total. The standard InChI is InChI=1S/C11H14N2O6/c1-6-7(9(14)17-2)13(5-12-6)8(10(15)18-3)11(16)19-4/h5,8H,1-4H3. The van der Waals surface area contributed by atoms with Gasteiger partial charge in [0.25, 0.3) is 0 Å². The first-order valence-corrected chi connectivity index (χ1v) is 5.25. The number of nitrogens with zero attached hydrogens (tertiary/aromatic N) is 2. The second kappa shape index (κ2) is 5.98. The Morgan fingerprint density at radius 1 is 1.11 bits per heavy atom. The van der Waals surface area contributed by atoms with Crippen molar-refractivity contribution in [1.82, 2.24) is 9.55 Å². The average molecular weight is 270 g/mol. The lowest BCUT2D eigenvalue weighted by atomic mass is 10.2. The van der Waals surface area contributed by atoms with Crippen LogP contribution in [0.25, 0.3) is 0 Å². The van der Waals surface area contributed by atoms with Crippen LogP contribution in [0.2, 0.25) is 0 Å². The van der Waals surface area contributed by atoms with E-state index >= 15 is 0 Å². The number of carbonyl (C=O) groups excluding carboxylic acids is 3. The van der Waals surface area contributed by atoms with Gasteiger partial charge in [-0.25, -0.2) is 19.4 Å². The van der Waals surface area contributed by atoms with Crippen molar-refractivity contribution in [2.75, 3.05) is 21.3 Å². The summed E-state index contributed by atoms with van der Waals surface area (Å²) in [5.74, 6) is -2.45. The molecule has 1 heterocycles. The first-order chi connectivity index (χ1) is 8.97. The van der Waals surface area contributed by atoms with Gasteiger partial charge in [-0.05, 0) is 6.92 Å². The van der Waals surface area contributed by atoms with Gasteiger partial charge in [-0.3, -0.25) is 0 Å². The van der Waals surface area contributed by atoms with E-state index < -0.39 is 23.9 Å². The second-order valence-corrected chi connectivity index (χ2v) is 3.53. The summed E-state index contributed by atoms with van der Waals surface area (Å²) in [5, 5.41) is 0. The summed E-state index contributed by atoms with van der Waals surface area (Å²) >= 11 is 0. The number of ether oxygens (including phenoxy) is 3. The zero-order valence-corrected chi connectivity index (χ0v) is 11.0. The predicted octanol–water partition coefficient (Wildman–Crippen LogP) is -0.135. The van der Waals surface area contributed by atoms with Crippen LogP contribution in [0.4, 0.5) is 0 Å². The molecule has 0 aliphatic carbocycles. The molecule has 0 aromatic carbocycles. The maximum Gasteiger partial charge on any atom is 0.356 e. The smallest absolute Gasteiger partial charge is 0.356 e. The summed E-state index contributed by atoms with van der Waals surface area (Å²) in [4.78, 5) is 38.9. The summed E-state index contributed by atoms with van der Waals surface area (Å²) in [5.41, 5.74) is 0.313. The summed E-state index contributed by atoms with van der Waals surface area (Å²) in [6.45, 7) is 1.55. The minimum atomic E-state index is -1.44. The molecule has 0 saturated heterocycles. The summed E-state index contributed by atoms with van der Waals surface area (Å²) in [6, 6.07) is -1.44. The first-order valence-electron chi connectivity index (χ1n) is 5.25. The fourth-order valence-electron chi connectivity index (χ4n) is 1.55. The minimum Gasteiger partial charge on any atom is -0.467 e. The van der Waals surface area contributed by atoms with Gasteiger partial charge in [0.05, 0.1) is 33.4 Å². The lowest BCUT2D eigenvalue weighted by molar-refractivity contribution is -0.157. The first kappa shape index (κ1) is 14.7. The topological polar surface area (TPSA) is 96.7 Å². The molecule has 0 aliphatic rings. The largest absolute Gasteiger partial charge is 0.467 e. The van der Waals surface area contributed by atoms with Crippen molar-refractivity contribution in [2.24, 2.45) is 0 Å². The summed E-state index contributed by atoms with van der Waals surface area (Å²) in [6.07, 6.45) is 1.18. The third-order valence-electron chi connectivity index (χ3n) is 2.48. The van der Waals surface area contributed by atoms with Gasteiger partial charge in [0.15, 0.2) is 5.69 Å².